The van der Waals surface area contributed by atoms with Crippen molar-refractivity contribution in [2.45, 2.75) is 24.8 Å². The second kappa shape index (κ2) is 5.58. The van der Waals surface area contributed by atoms with Gasteiger partial charge in [-0.05, 0) is 25.5 Å². The van der Waals surface area contributed by atoms with Crippen LogP contribution in [0, 0.1) is 6.92 Å². The monoisotopic (exact) mass is 292 g/mol. The number of rotatable bonds is 4. The van der Waals surface area contributed by atoms with Gasteiger partial charge in [-0.1, -0.05) is 6.07 Å². The van der Waals surface area contributed by atoms with Crippen molar-refractivity contribution in [2.75, 3.05) is 7.11 Å². The first-order chi connectivity index (χ1) is 8.25. The molecule has 0 aromatic heterocycles. The Morgan fingerprint density at radius 1 is 1.39 bits per heavy atom. The van der Waals surface area contributed by atoms with Crippen LogP contribution in [-0.4, -0.2) is 27.6 Å². The molecule has 0 aliphatic carbocycles. The van der Waals surface area contributed by atoms with Crippen LogP contribution >= 0.6 is 10.7 Å². The molecule has 0 saturated carbocycles. The Morgan fingerprint density at radius 2 is 2.00 bits per heavy atom. The van der Waals surface area contributed by atoms with Gasteiger partial charge in [-0.2, -0.15) is 0 Å². The summed E-state index contributed by atoms with van der Waals surface area (Å²) in [7, 11) is 2.65. The van der Waals surface area contributed by atoms with Gasteiger partial charge in [0.05, 0.1) is 12.0 Å². The summed E-state index contributed by atoms with van der Waals surface area (Å²) >= 11 is 0. The molecule has 1 unspecified atom stereocenters. The van der Waals surface area contributed by atoms with Crippen LogP contribution in [0.4, 0.5) is 0 Å². The van der Waals surface area contributed by atoms with E-state index in [0.717, 1.165) is 0 Å². The zero-order valence-electron chi connectivity index (χ0n) is 10.1. The maximum atomic E-state index is 11.2. The van der Waals surface area contributed by atoms with E-state index in [2.05, 4.69) is 4.74 Å². The van der Waals surface area contributed by atoms with E-state index in [1.165, 1.54) is 26.2 Å². The van der Waals surface area contributed by atoms with Gasteiger partial charge in [-0.25, -0.2) is 13.2 Å². The van der Waals surface area contributed by atoms with Gasteiger partial charge in [-0.3, -0.25) is 0 Å². The van der Waals surface area contributed by atoms with Crippen molar-refractivity contribution in [1.82, 2.24) is 0 Å². The van der Waals surface area contributed by atoms with Crippen molar-refractivity contribution in [1.29, 1.82) is 0 Å². The van der Waals surface area contributed by atoms with Gasteiger partial charge in [-0.15, -0.1) is 0 Å². The van der Waals surface area contributed by atoms with E-state index in [4.69, 9.17) is 15.4 Å². The number of halogens is 1. The topological polar surface area (TPSA) is 69.7 Å². The first kappa shape index (κ1) is 14.8. The number of methoxy groups -OCH3 is 1. The van der Waals surface area contributed by atoms with Crippen LogP contribution in [0.2, 0.25) is 0 Å². The molecular formula is C11H13ClO5S. The molecule has 0 aliphatic rings. The fraction of sp³-hybridized carbons (Fsp3) is 0.364. The summed E-state index contributed by atoms with van der Waals surface area (Å²) in [6, 6.07) is 4.19. The number of ether oxygens (including phenoxy) is 2. The molecule has 1 atom stereocenters. The molecule has 1 rings (SSSR count). The Bertz CT molecular complexity index is 553. The SMILES string of the molecule is COC(=O)C(C)Oc1cc(S(=O)(=O)Cl)ccc1C. The van der Waals surface area contributed by atoms with Crippen LogP contribution in [0.25, 0.3) is 0 Å². The molecule has 100 valence electrons. The highest BCUT2D eigenvalue weighted by atomic mass is 35.7. The number of hydrogen-bond acceptors (Lipinski definition) is 5. The highest BCUT2D eigenvalue weighted by Crippen LogP contribution is 2.25. The molecule has 0 aliphatic heterocycles. The molecule has 1 aromatic rings. The largest absolute Gasteiger partial charge is 0.479 e. The molecule has 7 heteroatoms. The van der Waals surface area contributed by atoms with Crippen molar-refractivity contribution >= 4 is 25.7 Å². The summed E-state index contributed by atoms with van der Waals surface area (Å²) < 4.78 is 32.2. The third-order valence-electron chi connectivity index (χ3n) is 2.28. The summed E-state index contributed by atoms with van der Waals surface area (Å²) in [5.41, 5.74) is 0.690. The number of carbonyl (C=O) groups excluding carboxylic acids is 1. The lowest BCUT2D eigenvalue weighted by atomic mass is 10.2. The molecule has 0 spiro atoms. The molecule has 18 heavy (non-hydrogen) atoms. The fourth-order valence-corrected chi connectivity index (χ4v) is 2.03. The molecule has 0 bridgehead atoms. The number of esters is 1. The third-order valence-corrected chi connectivity index (χ3v) is 3.63. The molecule has 0 N–H and O–H groups in total. The lowest BCUT2D eigenvalue weighted by Gasteiger charge is -2.14. The van der Waals surface area contributed by atoms with Crippen molar-refractivity contribution in [3.05, 3.63) is 23.8 Å². The molecule has 0 amide bonds. The Kier molecular flexibility index (Phi) is 4.59. The lowest BCUT2D eigenvalue weighted by molar-refractivity contribution is -0.147. The van der Waals surface area contributed by atoms with Crippen molar-refractivity contribution < 1.29 is 22.7 Å². The second-order valence-corrected chi connectivity index (χ2v) is 6.21. The van der Waals surface area contributed by atoms with Crippen LogP contribution in [0.3, 0.4) is 0 Å². The van der Waals surface area contributed by atoms with Gasteiger partial charge in [0, 0.05) is 16.7 Å². The molecule has 0 radical (unpaired) electrons. The molecule has 0 fully saturated rings. The minimum atomic E-state index is -3.83. The van der Waals surface area contributed by atoms with Gasteiger partial charge in [0.15, 0.2) is 6.10 Å². The molecule has 0 saturated heterocycles. The van der Waals surface area contributed by atoms with Gasteiger partial charge >= 0.3 is 5.97 Å². The van der Waals surface area contributed by atoms with E-state index < -0.39 is 21.1 Å². The normalized spacial score (nSPS) is 12.9. The zero-order valence-corrected chi connectivity index (χ0v) is 11.7. The highest BCUT2D eigenvalue weighted by molar-refractivity contribution is 8.13. The number of aryl methyl sites for hydroxylation is 1. The smallest absolute Gasteiger partial charge is 0.346 e. The Balaban J connectivity index is 3.06. The summed E-state index contributed by atoms with van der Waals surface area (Å²) in [6.45, 7) is 3.23. The minimum absolute atomic E-state index is 0.0816. The zero-order chi connectivity index (χ0) is 13.9. The van der Waals surface area contributed by atoms with Gasteiger partial charge < -0.3 is 9.47 Å². The first-order valence-corrected chi connectivity index (χ1v) is 7.36. The number of hydrogen-bond donors (Lipinski definition) is 0. The fourth-order valence-electron chi connectivity index (χ4n) is 1.26. The Morgan fingerprint density at radius 3 is 2.50 bits per heavy atom. The van der Waals surface area contributed by atoms with Gasteiger partial charge in [0.25, 0.3) is 9.05 Å². The average molecular weight is 293 g/mol. The third kappa shape index (κ3) is 3.61. The van der Waals surface area contributed by atoms with Gasteiger partial charge in [0.1, 0.15) is 5.75 Å². The predicted octanol–water partition coefficient (Wildman–Crippen LogP) is 1.86. The van der Waals surface area contributed by atoms with E-state index in [9.17, 15) is 13.2 Å². The summed E-state index contributed by atoms with van der Waals surface area (Å²) in [6.07, 6.45) is -0.832. The van der Waals surface area contributed by atoms with Crippen molar-refractivity contribution in [3.63, 3.8) is 0 Å². The number of carbonyl (C=O) groups is 1. The summed E-state index contributed by atoms with van der Waals surface area (Å²) in [5, 5.41) is 0. The maximum absolute atomic E-state index is 11.2. The van der Waals surface area contributed by atoms with Crippen LogP contribution in [0.5, 0.6) is 5.75 Å². The predicted molar refractivity (Wildman–Crippen MR) is 66.3 cm³/mol. The Labute approximate surface area is 110 Å². The molecule has 1 aromatic carbocycles. The lowest BCUT2D eigenvalue weighted by Crippen LogP contribution is -2.25. The summed E-state index contributed by atoms with van der Waals surface area (Å²) in [5.74, 6) is -0.275. The van der Waals surface area contributed by atoms with Gasteiger partial charge in [0.2, 0.25) is 0 Å². The second-order valence-electron chi connectivity index (χ2n) is 3.65. The van der Waals surface area contributed by atoms with Crippen LogP contribution in [0.15, 0.2) is 23.1 Å². The first-order valence-electron chi connectivity index (χ1n) is 5.05. The van der Waals surface area contributed by atoms with E-state index >= 15 is 0 Å². The van der Waals surface area contributed by atoms with Crippen molar-refractivity contribution in [3.8, 4) is 5.75 Å². The summed E-state index contributed by atoms with van der Waals surface area (Å²) in [4.78, 5) is 11.1. The standard InChI is InChI=1S/C11H13ClO5S/c1-7-4-5-9(18(12,14)15)6-10(7)17-8(2)11(13)16-3/h4-6,8H,1-3H3. The quantitative estimate of drug-likeness (QED) is 0.626. The van der Waals surface area contributed by atoms with Crippen molar-refractivity contribution in [2.24, 2.45) is 0 Å². The van der Waals surface area contributed by atoms with E-state index in [-0.39, 0.29) is 10.6 Å². The van der Waals surface area contributed by atoms with Crippen LogP contribution < -0.4 is 4.74 Å². The number of benzene rings is 1. The van der Waals surface area contributed by atoms with E-state index in [1.54, 1.807) is 13.0 Å². The Hall–Kier alpha value is -1.27. The average Bonchev–Trinajstić information content (AvgIpc) is 2.29. The molecular weight excluding hydrogens is 280 g/mol. The van der Waals surface area contributed by atoms with Crippen LogP contribution in [-0.2, 0) is 18.6 Å². The highest BCUT2D eigenvalue weighted by Gasteiger charge is 2.18. The minimum Gasteiger partial charge on any atom is -0.479 e. The maximum Gasteiger partial charge on any atom is 0.346 e. The van der Waals surface area contributed by atoms with E-state index in [0.29, 0.717) is 5.56 Å². The van der Waals surface area contributed by atoms with E-state index in [1.807, 2.05) is 0 Å². The molecule has 0 heterocycles. The van der Waals surface area contributed by atoms with Crippen LogP contribution in [0.1, 0.15) is 12.5 Å². The molecule has 5 nitrogen and oxygen atoms in total.